The highest BCUT2D eigenvalue weighted by molar-refractivity contribution is 8.77. The second-order valence-electron chi connectivity index (χ2n) is 10.3. The maximum atomic E-state index is 12.5. The molecule has 1 saturated heterocycles. The quantitative estimate of drug-likeness (QED) is 0.177. The smallest absolute Gasteiger partial charge is 0.251 e. The summed E-state index contributed by atoms with van der Waals surface area (Å²) in [4.78, 5) is 24.8. The van der Waals surface area contributed by atoms with Crippen LogP contribution in [0.15, 0.2) is 24.3 Å². The standard InChI is InChI=1S/C28H45NO5S2/c1-5-28(6-2)20-33-26(34-21-28)23-13-11-22(12-14-23)25(32)29-17-9-10-24(31)15-16-27(3,4)36-35-19-8-7-18-30/h11-14,26,30H,5-10,15-21H2,1-4H3,(H,29,32). The van der Waals surface area contributed by atoms with E-state index in [1.807, 2.05) is 33.7 Å². The predicted molar refractivity (Wildman–Crippen MR) is 150 cm³/mol. The zero-order chi connectivity index (χ0) is 26.4. The normalized spacial score (nSPS) is 16.1. The van der Waals surface area contributed by atoms with Crippen molar-refractivity contribution in [1.82, 2.24) is 5.32 Å². The first-order chi connectivity index (χ1) is 17.2. The number of aliphatic hydroxyl groups excluding tert-OH is 1. The molecule has 0 bridgehead atoms. The summed E-state index contributed by atoms with van der Waals surface area (Å²) >= 11 is 0. The van der Waals surface area contributed by atoms with Crippen LogP contribution in [0.3, 0.4) is 0 Å². The van der Waals surface area contributed by atoms with Crippen LogP contribution in [0.25, 0.3) is 0 Å². The number of hydrogen-bond donors (Lipinski definition) is 2. The Morgan fingerprint density at radius 3 is 2.33 bits per heavy atom. The highest BCUT2D eigenvalue weighted by Crippen LogP contribution is 2.39. The molecule has 1 aliphatic heterocycles. The zero-order valence-electron chi connectivity index (χ0n) is 22.5. The molecule has 0 unspecified atom stereocenters. The summed E-state index contributed by atoms with van der Waals surface area (Å²) in [5.41, 5.74) is 1.61. The number of rotatable bonds is 17. The lowest BCUT2D eigenvalue weighted by atomic mass is 9.83. The Kier molecular flexibility index (Phi) is 13.9. The lowest BCUT2D eigenvalue weighted by Crippen LogP contribution is -2.37. The molecule has 0 saturated carbocycles. The Balaban J connectivity index is 1.63. The van der Waals surface area contributed by atoms with Gasteiger partial charge in [-0.25, -0.2) is 0 Å². The monoisotopic (exact) mass is 539 g/mol. The van der Waals surface area contributed by atoms with E-state index in [1.54, 1.807) is 12.1 Å². The van der Waals surface area contributed by atoms with Gasteiger partial charge in [0, 0.05) is 53.0 Å². The van der Waals surface area contributed by atoms with E-state index in [0.717, 1.165) is 43.4 Å². The Labute approximate surface area is 225 Å². The maximum absolute atomic E-state index is 12.5. The molecule has 8 heteroatoms. The number of unbranched alkanes of at least 4 members (excludes halogenated alkanes) is 1. The molecule has 1 aromatic rings. The molecule has 0 radical (unpaired) electrons. The first-order valence-corrected chi connectivity index (χ1v) is 15.6. The van der Waals surface area contributed by atoms with Gasteiger partial charge >= 0.3 is 0 Å². The van der Waals surface area contributed by atoms with Gasteiger partial charge in [-0.2, -0.15) is 0 Å². The van der Waals surface area contributed by atoms with Gasteiger partial charge in [0.05, 0.1) is 13.2 Å². The fourth-order valence-corrected chi connectivity index (χ4v) is 6.63. The number of aliphatic hydroxyl groups is 1. The maximum Gasteiger partial charge on any atom is 0.251 e. The van der Waals surface area contributed by atoms with Crippen molar-refractivity contribution in [2.24, 2.45) is 5.41 Å². The zero-order valence-corrected chi connectivity index (χ0v) is 24.1. The summed E-state index contributed by atoms with van der Waals surface area (Å²) in [6, 6.07) is 7.37. The van der Waals surface area contributed by atoms with Crippen LogP contribution in [0.5, 0.6) is 0 Å². The van der Waals surface area contributed by atoms with Gasteiger partial charge in [0.1, 0.15) is 5.78 Å². The third kappa shape index (κ3) is 10.7. The molecule has 0 aromatic heterocycles. The molecule has 1 aliphatic rings. The second kappa shape index (κ2) is 16.0. The third-order valence-electron chi connectivity index (χ3n) is 6.87. The first kappa shape index (κ1) is 31.2. The SMILES string of the molecule is CCC1(CC)COC(c2ccc(C(=O)NCCCC(=O)CCC(C)(C)SSCCCCO)cc2)OC1. The van der Waals surface area contributed by atoms with Gasteiger partial charge in [-0.15, -0.1) is 0 Å². The minimum atomic E-state index is -0.382. The number of carbonyl (C=O) groups excluding carboxylic acids is 2. The minimum Gasteiger partial charge on any atom is -0.396 e. The van der Waals surface area contributed by atoms with Crippen molar-refractivity contribution >= 4 is 33.3 Å². The van der Waals surface area contributed by atoms with E-state index in [0.29, 0.717) is 44.6 Å². The summed E-state index contributed by atoms with van der Waals surface area (Å²) in [5.74, 6) is 1.13. The van der Waals surface area contributed by atoms with Gasteiger partial charge in [-0.3, -0.25) is 9.59 Å². The van der Waals surface area contributed by atoms with Crippen LogP contribution < -0.4 is 5.32 Å². The number of nitrogens with one attached hydrogen (secondary N) is 1. The number of carbonyl (C=O) groups is 2. The van der Waals surface area contributed by atoms with Gasteiger partial charge in [-0.05, 0) is 64.5 Å². The Hall–Kier alpha value is -1.06. The fourth-order valence-electron chi connectivity index (χ4n) is 3.91. The number of benzene rings is 1. The van der Waals surface area contributed by atoms with E-state index in [2.05, 4.69) is 33.0 Å². The van der Waals surface area contributed by atoms with Crippen LogP contribution in [0.4, 0.5) is 0 Å². The molecule has 6 nitrogen and oxygen atoms in total. The highest BCUT2D eigenvalue weighted by Gasteiger charge is 2.34. The van der Waals surface area contributed by atoms with Crippen molar-refractivity contribution in [2.75, 3.05) is 32.1 Å². The molecular weight excluding hydrogens is 494 g/mol. The van der Waals surface area contributed by atoms with E-state index in [4.69, 9.17) is 14.6 Å². The third-order valence-corrected chi connectivity index (χ3v) is 10.3. The molecule has 2 rings (SSSR count). The van der Waals surface area contributed by atoms with Gasteiger partial charge in [-0.1, -0.05) is 47.6 Å². The molecular formula is C28H45NO5S2. The van der Waals surface area contributed by atoms with Crippen LogP contribution in [-0.2, 0) is 14.3 Å². The molecule has 2 N–H and O–H groups in total. The van der Waals surface area contributed by atoms with Crippen LogP contribution in [-0.4, -0.2) is 53.7 Å². The number of ketones is 1. The van der Waals surface area contributed by atoms with Gasteiger partial charge in [0.25, 0.3) is 5.91 Å². The lowest BCUT2D eigenvalue weighted by molar-refractivity contribution is -0.235. The highest BCUT2D eigenvalue weighted by atomic mass is 33.1. The summed E-state index contributed by atoms with van der Waals surface area (Å²) in [7, 11) is 3.64. The molecule has 204 valence electrons. The van der Waals surface area contributed by atoms with Gasteiger partial charge in [0.15, 0.2) is 6.29 Å². The van der Waals surface area contributed by atoms with E-state index < -0.39 is 0 Å². The summed E-state index contributed by atoms with van der Waals surface area (Å²) in [6.07, 6.45) is 6.08. The molecule has 0 spiro atoms. The van der Waals surface area contributed by atoms with Crippen molar-refractivity contribution in [2.45, 2.75) is 90.1 Å². The largest absolute Gasteiger partial charge is 0.396 e. The molecule has 0 aliphatic carbocycles. The summed E-state index contributed by atoms with van der Waals surface area (Å²) in [6.45, 7) is 10.8. The van der Waals surface area contributed by atoms with Crippen molar-refractivity contribution in [1.29, 1.82) is 0 Å². The number of ether oxygens (including phenoxy) is 2. The fraction of sp³-hybridized carbons (Fsp3) is 0.714. The lowest BCUT2D eigenvalue weighted by Gasteiger charge is -2.39. The average molecular weight is 540 g/mol. The van der Waals surface area contributed by atoms with Crippen molar-refractivity contribution in [3.05, 3.63) is 35.4 Å². The Morgan fingerprint density at radius 1 is 1.06 bits per heavy atom. The first-order valence-electron chi connectivity index (χ1n) is 13.3. The van der Waals surface area contributed by atoms with Gasteiger partial charge < -0.3 is 19.9 Å². The molecule has 1 aromatic carbocycles. The molecule has 1 amide bonds. The number of amides is 1. The number of hydrogen-bond acceptors (Lipinski definition) is 7. The van der Waals surface area contributed by atoms with E-state index in [-0.39, 0.29) is 34.7 Å². The van der Waals surface area contributed by atoms with Crippen molar-refractivity contribution in [3.63, 3.8) is 0 Å². The van der Waals surface area contributed by atoms with Crippen molar-refractivity contribution in [3.8, 4) is 0 Å². The van der Waals surface area contributed by atoms with E-state index >= 15 is 0 Å². The minimum absolute atomic E-state index is 0.0444. The molecule has 0 atom stereocenters. The average Bonchev–Trinajstić information content (AvgIpc) is 2.90. The number of Topliss-reactive ketones (excluding diaryl/α,β-unsaturated/α-hetero) is 1. The van der Waals surface area contributed by atoms with Crippen LogP contribution in [0.2, 0.25) is 0 Å². The molecule has 1 heterocycles. The Morgan fingerprint density at radius 2 is 1.72 bits per heavy atom. The van der Waals surface area contributed by atoms with Crippen LogP contribution >= 0.6 is 21.6 Å². The van der Waals surface area contributed by atoms with E-state index in [1.165, 1.54) is 0 Å². The summed E-state index contributed by atoms with van der Waals surface area (Å²) < 4.78 is 12.0. The topological polar surface area (TPSA) is 84.9 Å². The molecule has 36 heavy (non-hydrogen) atoms. The van der Waals surface area contributed by atoms with E-state index in [9.17, 15) is 9.59 Å². The summed E-state index contributed by atoms with van der Waals surface area (Å²) in [5, 5.41) is 11.8. The van der Waals surface area contributed by atoms with Crippen LogP contribution in [0.1, 0.15) is 101 Å². The van der Waals surface area contributed by atoms with Crippen molar-refractivity contribution < 1.29 is 24.2 Å². The Bertz CT molecular complexity index is 786. The predicted octanol–water partition coefficient (Wildman–Crippen LogP) is 6.33. The molecule has 1 fully saturated rings. The second-order valence-corrected chi connectivity index (χ2v) is 13.4. The van der Waals surface area contributed by atoms with Crippen LogP contribution in [0, 0.1) is 5.41 Å². The van der Waals surface area contributed by atoms with Gasteiger partial charge in [0.2, 0.25) is 0 Å².